The maximum atomic E-state index is 11.8. The number of rotatable bonds is 3. The number of para-hydroxylation sites is 1. The Kier molecular flexibility index (Phi) is 3.36. The van der Waals surface area contributed by atoms with Crippen LogP contribution < -0.4 is 0 Å². The molecule has 2 aromatic heterocycles. The number of fused-ring (bicyclic) bond motifs is 1. The van der Waals surface area contributed by atoms with Crippen LogP contribution in [0.1, 0.15) is 28.7 Å². The van der Waals surface area contributed by atoms with Crippen molar-refractivity contribution in [2.24, 2.45) is 0 Å². The molecule has 0 bridgehead atoms. The lowest BCUT2D eigenvalue weighted by Crippen LogP contribution is -1.90. The van der Waals surface area contributed by atoms with Gasteiger partial charge in [-0.1, -0.05) is 31.2 Å². The molecule has 0 spiro atoms. The summed E-state index contributed by atoms with van der Waals surface area (Å²) in [7, 11) is 0. The van der Waals surface area contributed by atoms with Crippen LogP contribution in [0.15, 0.2) is 42.5 Å². The van der Waals surface area contributed by atoms with E-state index in [-0.39, 0.29) is 5.78 Å². The predicted molar refractivity (Wildman–Crippen MR) is 84.4 cm³/mol. The minimum Gasteiger partial charge on any atom is -0.293 e. The number of benzene rings is 1. The van der Waals surface area contributed by atoms with E-state index in [1.54, 1.807) is 11.3 Å². The van der Waals surface area contributed by atoms with Crippen LogP contribution in [0.5, 0.6) is 0 Å². The number of ketones is 1. The molecule has 3 aromatic rings. The zero-order chi connectivity index (χ0) is 14.1. The highest BCUT2D eigenvalue weighted by Gasteiger charge is 2.11. The van der Waals surface area contributed by atoms with Crippen LogP contribution in [0.3, 0.4) is 0 Å². The van der Waals surface area contributed by atoms with Crippen molar-refractivity contribution in [1.82, 2.24) is 4.98 Å². The van der Waals surface area contributed by atoms with Gasteiger partial charge in [0.1, 0.15) is 0 Å². The quantitative estimate of drug-likeness (QED) is 0.641. The van der Waals surface area contributed by atoms with Gasteiger partial charge in [0.2, 0.25) is 0 Å². The molecule has 0 fully saturated rings. The van der Waals surface area contributed by atoms with Crippen molar-refractivity contribution in [3.8, 4) is 10.4 Å². The van der Waals surface area contributed by atoms with Crippen molar-refractivity contribution in [1.29, 1.82) is 0 Å². The van der Waals surface area contributed by atoms with E-state index in [0.717, 1.165) is 31.9 Å². The molecule has 3 heteroatoms. The van der Waals surface area contributed by atoms with E-state index < -0.39 is 0 Å². The number of aromatic nitrogens is 1. The number of pyridine rings is 1. The first-order valence-electron chi connectivity index (χ1n) is 6.69. The third kappa shape index (κ3) is 2.25. The van der Waals surface area contributed by atoms with Gasteiger partial charge in [0.05, 0.1) is 10.4 Å². The first-order chi connectivity index (χ1) is 9.69. The number of hydrogen-bond donors (Lipinski definition) is 0. The van der Waals surface area contributed by atoms with Gasteiger partial charge in [-0.15, -0.1) is 11.3 Å². The first-order valence-corrected chi connectivity index (χ1v) is 7.50. The Morgan fingerprint density at radius 2 is 2.00 bits per heavy atom. The summed E-state index contributed by atoms with van der Waals surface area (Å²) in [5.41, 5.74) is 3.11. The summed E-state index contributed by atoms with van der Waals surface area (Å²) in [4.78, 5) is 18.3. The average Bonchev–Trinajstić information content (AvgIpc) is 2.95. The van der Waals surface area contributed by atoms with Crippen LogP contribution in [-0.4, -0.2) is 10.8 Å². The molecule has 0 unspecified atom stereocenters. The van der Waals surface area contributed by atoms with Gasteiger partial charge >= 0.3 is 0 Å². The molecule has 100 valence electrons. The number of aryl methyl sites for hydroxylation is 1. The van der Waals surface area contributed by atoms with Crippen LogP contribution in [0.25, 0.3) is 21.3 Å². The third-order valence-corrected chi connectivity index (χ3v) is 4.49. The number of nitrogens with zero attached hydrogens (tertiary/aromatic N) is 1. The summed E-state index contributed by atoms with van der Waals surface area (Å²) in [6, 6.07) is 14.2. The van der Waals surface area contributed by atoms with E-state index >= 15 is 0 Å². The predicted octanol–water partition coefficient (Wildman–Crippen LogP) is 4.86. The highest BCUT2D eigenvalue weighted by atomic mass is 32.1. The van der Waals surface area contributed by atoms with Gasteiger partial charge in [-0.2, -0.15) is 0 Å². The van der Waals surface area contributed by atoms with Crippen LogP contribution >= 0.6 is 11.3 Å². The van der Waals surface area contributed by atoms with Crippen molar-refractivity contribution in [2.45, 2.75) is 20.3 Å². The van der Waals surface area contributed by atoms with Gasteiger partial charge in [0.15, 0.2) is 5.78 Å². The van der Waals surface area contributed by atoms with Crippen LogP contribution in [0.4, 0.5) is 0 Å². The fourth-order valence-corrected chi connectivity index (χ4v) is 3.29. The summed E-state index contributed by atoms with van der Waals surface area (Å²) in [6.07, 6.45) is 0.548. The number of Topliss-reactive ketones (excluding diaryl/α,β-unsaturated/α-hetero) is 1. The Bertz CT molecular complexity index is 789. The molecular formula is C17H15NOS. The Balaban J connectivity index is 2.16. The maximum Gasteiger partial charge on any atom is 0.172 e. The Morgan fingerprint density at radius 1 is 1.15 bits per heavy atom. The van der Waals surface area contributed by atoms with Crippen LogP contribution in [0, 0.1) is 6.92 Å². The van der Waals surface area contributed by atoms with E-state index in [1.165, 1.54) is 0 Å². The summed E-state index contributed by atoms with van der Waals surface area (Å²) < 4.78 is 0. The molecule has 0 atom stereocenters. The van der Waals surface area contributed by atoms with Gasteiger partial charge in [0, 0.05) is 27.9 Å². The maximum absolute atomic E-state index is 11.8. The molecule has 0 aliphatic rings. The second-order valence-corrected chi connectivity index (χ2v) is 5.85. The fourth-order valence-electron chi connectivity index (χ4n) is 2.25. The molecule has 20 heavy (non-hydrogen) atoms. The van der Waals surface area contributed by atoms with Crippen LogP contribution in [-0.2, 0) is 0 Å². The van der Waals surface area contributed by atoms with E-state index in [9.17, 15) is 4.79 Å². The largest absolute Gasteiger partial charge is 0.293 e. The lowest BCUT2D eigenvalue weighted by atomic mass is 10.1. The molecule has 0 aliphatic heterocycles. The van der Waals surface area contributed by atoms with E-state index in [0.29, 0.717) is 6.42 Å². The molecule has 2 nitrogen and oxygen atoms in total. The van der Waals surface area contributed by atoms with Gasteiger partial charge in [-0.25, -0.2) is 0 Å². The number of thiophene rings is 1. The summed E-state index contributed by atoms with van der Waals surface area (Å²) in [6.45, 7) is 3.89. The molecule has 0 saturated carbocycles. The van der Waals surface area contributed by atoms with E-state index in [1.807, 2.05) is 38.1 Å². The summed E-state index contributed by atoms with van der Waals surface area (Å²) >= 11 is 1.55. The number of carbonyl (C=O) groups excluding carboxylic acids is 1. The van der Waals surface area contributed by atoms with Gasteiger partial charge in [-0.3, -0.25) is 9.78 Å². The molecule has 2 heterocycles. The zero-order valence-corrected chi connectivity index (χ0v) is 12.3. The SMILES string of the molecule is CCC(=O)c1ccc(-c2cccc3ccc(C)nc23)s1. The van der Waals surface area contributed by atoms with Crippen LogP contribution in [0.2, 0.25) is 0 Å². The van der Waals surface area contributed by atoms with Gasteiger partial charge < -0.3 is 0 Å². The Hall–Kier alpha value is -2.00. The van der Waals surface area contributed by atoms with Crippen molar-refractivity contribution in [2.75, 3.05) is 0 Å². The second-order valence-electron chi connectivity index (χ2n) is 4.77. The fraction of sp³-hybridized carbons (Fsp3) is 0.176. The zero-order valence-electron chi connectivity index (χ0n) is 11.5. The number of carbonyl (C=O) groups is 1. The highest BCUT2D eigenvalue weighted by Crippen LogP contribution is 2.33. The van der Waals surface area contributed by atoms with Crippen molar-refractivity contribution >= 4 is 28.0 Å². The minimum absolute atomic E-state index is 0.200. The smallest absolute Gasteiger partial charge is 0.172 e. The minimum atomic E-state index is 0.200. The summed E-state index contributed by atoms with van der Waals surface area (Å²) in [5, 5.41) is 1.13. The second kappa shape index (κ2) is 5.17. The van der Waals surface area contributed by atoms with E-state index in [2.05, 4.69) is 23.2 Å². The molecule has 0 N–H and O–H groups in total. The number of hydrogen-bond acceptors (Lipinski definition) is 3. The Labute approximate surface area is 122 Å². The molecule has 0 radical (unpaired) electrons. The topological polar surface area (TPSA) is 30.0 Å². The van der Waals surface area contributed by atoms with E-state index in [4.69, 9.17) is 0 Å². The molecular weight excluding hydrogens is 266 g/mol. The highest BCUT2D eigenvalue weighted by molar-refractivity contribution is 7.17. The molecule has 3 rings (SSSR count). The third-order valence-electron chi connectivity index (χ3n) is 3.33. The summed E-state index contributed by atoms with van der Waals surface area (Å²) in [5.74, 6) is 0.200. The molecule has 0 aliphatic carbocycles. The lowest BCUT2D eigenvalue weighted by Gasteiger charge is -2.04. The standard InChI is InChI=1S/C17H15NOS/c1-3-14(19)16-10-9-15(20-16)13-6-4-5-12-8-7-11(2)18-17(12)13/h4-10H,3H2,1-2H3. The van der Waals surface area contributed by atoms with Crippen molar-refractivity contribution in [3.63, 3.8) is 0 Å². The monoisotopic (exact) mass is 281 g/mol. The average molecular weight is 281 g/mol. The van der Waals surface area contributed by atoms with Crippen molar-refractivity contribution < 1.29 is 4.79 Å². The Morgan fingerprint density at radius 3 is 2.80 bits per heavy atom. The molecule has 1 aromatic carbocycles. The normalized spacial score (nSPS) is 10.9. The van der Waals surface area contributed by atoms with Gasteiger partial charge in [-0.05, 0) is 25.1 Å². The van der Waals surface area contributed by atoms with Gasteiger partial charge in [0.25, 0.3) is 0 Å². The van der Waals surface area contributed by atoms with Crippen molar-refractivity contribution in [3.05, 3.63) is 53.0 Å². The lowest BCUT2D eigenvalue weighted by molar-refractivity contribution is 0.0992. The first kappa shape index (κ1) is 13.0. The molecule has 0 saturated heterocycles. The molecule has 0 amide bonds.